The molecule has 0 aliphatic heterocycles. The maximum atomic E-state index is 11.7. The van der Waals surface area contributed by atoms with Crippen LogP contribution in [0.2, 0.25) is 0 Å². The number of ether oxygens (including phenoxy) is 1. The second kappa shape index (κ2) is 6.25. The zero-order valence-corrected chi connectivity index (χ0v) is 10.5. The molecule has 4 nitrogen and oxygen atoms in total. The molecule has 0 spiro atoms. The number of amides is 1. The molecule has 0 saturated heterocycles. The molecule has 1 unspecified atom stereocenters. The molecule has 0 radical (unpaired) electrons. The van der Waals surface area contributed by atoms with Gasteiger partial charge >= 0.3 is 6.09 Å². The van der Waals surface area contributed by atoms with E-state index in [4.69, 9.17) is 11.6 Å². The number of hydrogen-bond acceptors (Lipinski definition) is 3. The van der Waals surface area contributed by atoms with Gasteiger partial charge in [0, 0.05) is 5.69 Å². The summed E-state index contributed by atoms with van der Waals surface area (Å²) >= 11 is 5.50. The summed E-state index contributed by atoms with van der Waals surface area (Å²) in [6.45, 7) is 1.62. The number of alkyl halides is 1. The van der Waals surface area contributed by atoms with Crippen molar-refractivity contribution in [2.75, 3.05) is 17.9 Å². The molecule has 1 atom stereocenters. The maximum Gasteiger partial charge on any atom is 0.414 e. The Balaban J connectivity index is 3.05. The van der Waals surface area contributed by atoms with E-state index in [1.165, 1.54) is 12.0 Å². The van der Waals surface area contributed by atoms with Gasteiger partial charge in [-0.05, 0) is 19.1 Å². The lowest BCUT2D eigenvalue weighted by molar-refractivity contribution is -0.117. The van der Waals surface area contributed by atoms with E-state index >= 15 is 0 Å². The van der Waals surface area contributed by atoms with E-state index in [1.54, 1.807) is 31.2 Å². The highest BCUT2D eigenvalue weighted by molar-refractivity contribution is 6.28. The molecule has 1 rings (SSSR count). The summed E-state index contributed by atoms with van der Waals surface area (Å²) in [5, 5.41) is 0. The fourth-order valence-electron chi connectivity index (χ4n) is 1.43. The first-order chi connectivity index (χ1) is 8.11. The van der Waals surface area contributed by atoms with Gasteiger partial charge in [0.15, 0.2) is 5.78 Å². The van der Waals surface area contributed by atoms with Crippen molar-refractivity contribution in [2.24, 2.45) is 0 Å². The number of halogens is 1. The zero-order valence-electron chi connectivity index (χ0n) is 9.72. The number of benzene rings is 1. The number of Topliss-reactive ketones (excluding diaryl/α,β-unsaturated/α-hetero) is 1. The molecule has 0 saturated carbocycles. The summed E-state index contributed by atoms with van der Waals surface area (Å²) in [5.74, 6) is -0.373. The average molecular weight is 256 g/mol. The van der Waals surface area contributed by atoms with Crippen molar-refractivity contribution in [3.63, 3.8) is 0 Å². The zero-order chi connectivity index (χ0) is 12.8. The number of carbonyl (C=O) groups is 2. The molecular formula is C12H14ClNO3. The number of rotatable bonds is 4. The molecule has 0 bridgehead atoms. The van der Waals surface area contributed by atoms with Gasteiger partial charge in [0.25, 0.3) is 0 Å². The lowest BCUT2D eigenvalue weighted by Gasteiger charge is -2.26. The smallest absolute Gasteiger partial charge is 0.414 e. The van der Waals surface area contributed by atoms with Gasteiger partial charge in [0.05, 0.1) is 19.0 Å². The van der Waals surface area contributed by atoms with E-state index in [0.717, 1.165) is 0 Å². The second-order valence-corrected chi connectivity index (χ2v) is 3.72. The maximum absolute atomic E-state index is 11.7. The van der Waals surface area contributed by atoms with Gasteiger partial charge in [0.2, 0.25) is 0 Å². The predicted octanol–water partition coefficient (Wildman–Crippen LogP) is 2.46. The van der Waals surface area contributed by atoms with E-state index in [1.807, 2.05) is 6.07 Å². The van der Waals surface area contributed by atoms with E-state index in [9.17, 15) is 9.59 Å². The number of para-hydroxylation sites is 1. The van der Waals surface area contributed by atoms with Crippen LogP contribution in [0.5, 0.6) is 0 Å². The number of ketones is 1. The third-order valence-electron chi connectivity index (χ3n) is 2.39. The number of nitrogens with zero attached hydrogens (tertiary/aromatic N) is 1. The van der Waals surface area contributed by atoms with Crippen LogP contribution in [-0.4, -0.2) is 30.9 Å². The highest BCUT2D eigenvalue weighted by atomic mass is 35.5. The van der Waals surface area contributed by atoms with Gasteiger partial charge in [-0.3, -0.25) is 9.69 Å². The normalized spacial score (nSPS) is 11.7. The molecule has 0 fully saturated rings. The Morgan fingerprint density at radius 1 is 1.35 bits per heavy atom. The highest BCUT2D eigenvalue weighted by Gasteiger charge is 2.27. The summed E-state index contributed by atoms with van der Waals surface area (Å²) in [4.78, 5) is 24.5. The molecule has 0 aromatic heterocycles. The molecule has 1 aromatic carbocycles. The minimum Gasteiger partial charge on any atom is -0.452 e. The molecule has 92 valence electrons. The number of hydrogen-bond donors (Lipinski definition) is 0. The Hall–Kier alpha value is -1.55. The van der Waals surface area contributed by atoms with Crippen molar-refractivity contribution in [3.05, 3.63) is 30.3 Å². The minimum absolute atomic E-state index is 0.137. The molecule has 0 aliphatic carbocycles. The van der Waals surface area contributed by atoms with Crippen LogP contribution >= 0.6 is 11.6 Å². The third kappa shape index (κ3) is 3.20. The summed E-state index contributed by atoms with van der Waals surface area (Å²) in [7, 11) is 1.27. The fourth-order valence-corrected chi connectivity index (χ4v) is 1.65. The van der Waals surface area contributed by atoms with Gasteiger partial charge in [0.1, 0.15) is 0 Å². The van der Waals surface area contributed by atoms with Crippen LogP contribution in [0.1, 0.15) is 6.92 Å². The Morgan fingerprint density at radius 2 is 1.94 bits per heavy atom. The molecule has 0 N–H and O–H groups in total. The summed E-state index contributed by atoms with van der Waals surface area (Å²) in [5.41, 5.74) is 0.602. The Morgan fingerprint density at radius 3 is 2.41 bits per heavy atom. The number of anilines is 1. The monoisotopic (exact) mass is 255 g/mol. The Labute approximate surface area is 105 Å². The Bertz CT molecular complexity index is 394. The van der Waals surface area contributed by atoms with Gasteiger partial charge in [-0.1, -0.05) is 18.2 Å². The molecule has 1 amide bonds. The van der Waals surface area contributed by atoms with Crippen LogP contribution in [0.15, 0.2) is 30.3 Å². The SMILES string of the molecule is COC(=O)N(c1ccccc1)C(C)C(=O)CCl. The van der Waals surface area contributed by atoms with Crippen molar-refractivity contribution in [1.82, 2.24) is 0 Å². The summed E-state index contributed by atoms with van der Waals surface area (Å²) in [6, 6.07) is 8.20. The highest BCUT2D eigenvalue weighted by Crippen LogP contribution is 2.18. The molecule has 0 heterocycles. The van der Waals surface area contributed by atoms with Crippen LogP contribution in [0.3, 0.4) is 0 Å². The number of methoxy groups -OCH3 is 1. The van der Waals surface area contributed by atoms with Crippen LogP contribution in [0.4, 0.5) is 10.5 Å². The number of carbonyl (C=O) groups excluding carboxylic acids is 2. The first kappa shape index (κ1) is 13.5. The molecule has 5 heteroatoms. The standard InChI is InChI=1S/C12H14ClNO3/c1-9(11(15)8-13)14(12(16)17-2)10-6-4-3-5-7-10/h3-7,9H,8H2,1-2H3. The van der Waals surface area contributed by atoms with Crippen LogP contribution in [0.25, 0.3) is 0 Å². The predicted molar refractivity (Wildman–Crippen MR) is 66.5 cm³/mol. The quantitative estimate of drug-likeness (QED) is 0.777. The summed E-state index contributed by atoms with van der Waals surface area (Å²) < 4.78 is 4.67. The molecule has 17 heavy (non-hydrogen) atoms. The van der Waals surface area contributed by atoms with Gasteiger partial charge < -0.3 is 4.74 Å². The van der Waals surface area contributed by atoms with Crippen molar-refractivity contribution in [1.29, 1.82) is 0 Å². The first-order valence-electron chi connectivity index (χ1n) is 5.12. The molecule has 1 aromatic rings. The lowest BCUT2D eigenvalue weighted by Crippen LogP contribution is -2.44. The molecule has 0 aliphatic rings. The van der Waals surface area contributed by atoms with Crippen molar-refractivity contribution < 1.29 is 14.3 Å². The Kier molecular flexibility index (Phi) is 4.97. The topological polar surface area (TPSA) is 46.6 Å². The van der Waals surface area contributed by atoms with Gasteiger partial charge in [-0.2, -0.15) is 0 Å². The van der Waals surface area contributed by atoms with Crippen molar-refractivity contribution in [2.45, 2.75) is 13.0 Å². The second-order valence-electron chi connectivity index (χ2n) is 3.45. The van der Waals surface area contributed by atoms with Gasteiger partial charge in [-0.15, -0.1) is 11.6 Å². The van der Waals surface area contributed by atoms with Gasteiger partial charge in [-0.25, -0.2) is 4.79 Å². The average Bonchev–Trinajstić information content (AvgIpc) is 2.38. The lowest BCUT2D eigenvalue weighted by atomic mass is 10.2. The summed E-state index contributed by atoms with van der Waals surface area (Å²) in [6.07, 6.45) is -0.581. The minimum atomic E-state index is -0.651. The van der Waals surface area contributed by atoms with Crippen molar-refractivity contribution in [3.8, 4) is 0 Å². The first-order valence-corrected chi connectivity index (χ1v) is 5.66. The largest absolute Gasteiger partial charge is 0.452 e. The fraction of sp³-hybridized carbons (Fsp3) is 0.333. The van der Waals surface area contributed by atoms with Crippen molar-refractivity contribution >= 4 is 29.2 Å². The van der Waals surface area contributed by atoms with Crippen LogP contribution in [-0.2, 0) is 9.53 Å². The molecular weight excluding hydrogens is 242 g/mol. The van der Waals surface area contributed by atoms with Crippen LogP contribution < -0.4 is 4.90 Å². The van der Waals surface area contributed by atoms with E-state index < -0.39 is 12.1 Å². The van der Waals surface area contributed by atoms with Crippen LogP contribution in [0, 0.1) is 0 Å². The van der Waals surface area contributed by atoms with E-state index in [-0.39, 0.29) is 11.7 Å². The van der Waals surface area contributed by atoms with E-state index in [2.05, 4.69) is 4.74 Å². The van der Waals surface area contributed by atoms with E-state index in [0.29, 0.717) is 5.69 Å². The third-order valence-corrected chi connectivity index (χ3v) is 2.65.